The van der Waals surface area contributed by atoms with Crippen molar-refractivity contribution in [2.24, 2.45) is 11.8 Å². The van der Waals surface area contributed by atoms with Gasteiger partial charge >= 0.3 is 0 Å². The molecular formula is C16H18ClN3. The fourth-order valence-electron chi connectivity index (χ4n) is 3.28. The Morgan fingerprint density at radius 2 is 2.30 bits per heavy atom. The predicted molar refractivity (Wildman–Crippen MR) is 80.5 cm³/mol. The zero-order valence-electron chi connectivity index (χ0n) is 11.6. The molecule has 20 heavy (non-hydrogen) atoms. The van der Waals surface area contributed by atoms with Gasteiger partial charge in [0.1, 0.15) is 5.82 Å². The summed E-state index contributed by atoms with van der Waals surface area (Å²) in [6, 6.07) is 7.86. The van der Waals surface area contributed by atoms with Gasteiger partial charge in [-0.1, -0.05) is 19.8 Å². The lowest BCUT2D eigenvalue weighted by Gasteiger charge is -2.18. The Labute approximate surface area is 124 Å². The number of hydrogen-bond donors (Lipinski definition) is 0. The summed E-state index contributed by atoms with van der Waals surface area (Å²) in [5.74, 6) is 2.78. The fraction of sp³-hybridized carbons (Fsp3) is 0.500. The molecule has 2 aromatic rings. The number of nitrogens with zero attached hydrogens (tertiary/aromatic N) is 3. The molecule has 1 aliphatic carbocycles. The Kier molecular flexibility index (Phi) is 3.67. The second-order valence-electron chi connectivity index (χ2n) is 5.76. The Bertz CT molecular complexity index is 668. The van der Waals surface area contributed by atoms with Crippen LogP contribution in [0.5, 0.6) is 0 Å². The molecule has 1 aromatic heterocycles. The number of imidazole rings is 1. The van der Waals surface area contributed by atoms with Crippen LogP contribution < -0.4 is 0 Å². The third kappa shape index (κ3) is 2.29. The number of rotatable bonds is 3. The molecule has 2 atom stereocenters. The maximum atomic E-state index is 9.07. The van der Waals surface area contributed by atoms with Crippen LogP contribution in [0.2, 0.25) is 0 Å². The van der Waals surface area contributed by atoms with Crippen LogP contribution in [0.3, 0.4) is 0 Å². The Morgan fingerprint density at radius 3 is 2.95 bits per heavy atom. The summed E-state index contributed by atoms with van der Waals surface area (Å²) < 4.78 is 2.22. The number of hydrogen-bond acceptors (Lipinski definition) is 2. The van der Waals surface area contributed by atoms with Gasteiger partial charge in [-0.3, -0.25) is 0 Å². The molecule has 1 heterocycles. The summed E-state index contributed by atoms with van der Waals surface area (Å²) in [5, 5.41) is 9.07. The smallest absolute Gasteiger partial charge is 0.124 e. The van der Waals surface area contributed by atoms with E-state index >= 15 is 0 Å². The SMILES string of the molecule is CC1CCCC1Cn1c(CCl)nc2ccc(C#N)cc21. The maximum absolute atomic E-state index is 9.07. The molecule has 0 spiro atoms. The monoisotopic (exact) mass is 287 g/mol. The lowest BCUT2D eigenvalue weighted by molar-refractivity contribution is 0.364. The van der Waals surface area contributed by atoms with E-state index < -0.39 is 0 Å². The third-order valence-electron chi connectivity index (χ3n) is 4.53. The molecule has 0 bridgehead atoms. The van der Waals surface area contributed by atoms with E-state index in [4.69, 9.17) is 16.9 Å². The highest BCUT2D eigenvalue weighted by Gasteiger charge is 2.25. The highest BCUT2D eigenvalue weighted by Crippen LogP contribution is 2.33. The Balaban J connectivity index is 2.04. The molecule has 2 unspecified atom stereocenters. The number of aromatic nitrogens is 2. The largest absolute Gasteiger partial charge is 0.327 e. The van der Waals surface area contributed by atoms with Crippen LogP contribution in [0.1, 0.15) is 37.6 Å². The summed E-state index contributed by atoms with van der Waals surface area (Å²) >= 11 is 6.05. The molecule has 1 aromatic carbocycles. The van der Waals surface area contributed by atoms with Crippen LogP contribution in [-0.4, -0.2) is 9.55 Å². The summed E-state index contributed by atoms with van der Waals surface area (Å²) in [6.07, 6.45) is 3.91. The van der Waals surface area contributed by atoms with Crippen LogP contribution in [-0.2, 0) is 12.4 Å². The van der Waals surface area contributed by atoms with E-state index in [1.807, 2.05) is 18.2 Å². The first-order chi connectivity index (χ1) is 9.72. The van der Waals surface area contributed by atoms with Crippen molar-refractivity contribution in [3.63, 3.8) is 0 Å². The maximum Gasteiger partial charge on any atom is 0.124 e. The molecule has 0 radical (unpaired) electrons. The molecule has 0 saturated heterocycles. The van der Waals surface area contributed by atoms with Crippen LogP contribution in [0.25, 0.3) is 11.0 Å². The summed E-state index contributed by atoms with van der Waals surface area (Å²) in [5.41, 5.74) is 2.66. The van der Waals surface area contributed by atoms with Crippen molar-refractivity contribution < 1.29 is 0 Å². The molecule has 0 aliphatic heterocycles. The Hall–Kier alpha value is -1.53. The lowest BCUT2D eigenvalue weighted by atomic mass is 9.98. The van der Waals surface area contributed by atoms with Gasteiger partial charge in [0.2, 0.25) is 0 Å². The minimum absolute atomic E-state index is 0.414. The first-order valence-electron chi connectivity index (χ1n) is 7.18. The van der Waals surface area contributed by atoms with E-state index in [0.717, 1.165) is 29.3 Å². The van der Waals surface area contributed by atoms with Crippen LogP contribution >= 0.6 is 11.6 Å². The number of benzene rings is 1. The van der Waals surface area contributed by atoms with E-state index in [0.29, 0.717) is 17.4 Å². The molecule has 0 amide bonds. The molecule has 104 valence electrons. The highest BCUT2D eigenvalue weighted by molar-refractivity contribution is 6.16. The average molecular weight is 288 g/mol. The van der Waals surface area contributed by atoms with E-state index in [9.17, 15) is 0 Å². The van der Waals surface area contributed by atoms with Gasteiger partial charge in [0.25, 0.3) is 0 Å². The van der Waals surface area contributed by atoms with Crippen molar-refractivity contribution in [2.45, 2.75) is 38.6 Å². The zero-order chi connectivity index (χ0) is 14.1. The highest BCUT2D eigenvalue weighted by atomic mass is 35.5. The minimum atomic E-state index is 0.414. The molecule has 1 saturated carbocycles. The summed E-state index contributed by atoms with van der Waals surface area (Å²) in [7, 11) is 0. The predicted octanol–water partition coefficient (Wildman–Crippen LogP) is 4.08. The van der Waals surface area contributed by atoms with E-state index in [-0.39, 0.29) is 0 Å². The fourth-order valence-corrected chi connectivity index (χ4v) is 3.48. The molecule has 1 fully saturated rings. The summed E-state index contributed by atoms with van der Waals surface area (Å²) in [6.45, 7) is 3.30. The number of nitriles is 1. The van der Waals surface area contributed by atoms with Crippen LogP contribution in [0.4, 0.5) is 0 Å². The standard InChI is InChI=1S/C16H18ClN3/c1-11-3-2-4-13(11)10-20-15-7-12(9-18)5-6-14(15)19-16(20)8-17/h5-7,11,13H,2-4,8,10H2,1H3. The average Bonchev–Trinajstić information content (AvgIpc) is 3.03. The first-order valence-corrected chi connectivity index (χ1v) is 7.71. The number of alkyl halides is 1. The second-order valence-corrected chi connectivity index (χ2v) is 6.02. The van der Waals surface area contributed by atoms with Gasteiger partial charge in [0, 0.05) is 6.54 Å². The van der Waals surface area contributed by atoms with Crippen molar-refractivity contribution >= 4 is 22.6 Å². The second kappa shape index (κ2) is 5.46. The topological polar surface area (TPSA) is 41.6 Å². The van der Waals surface area contributed by atoms with Gasteiger partial charge in [-0.15, -0.1) is 11.6 Å². The lowest BCUT2D eigenvalue weighted by Crippen LogP contribution is -2.14. The van der Waals surface area contributed by atoms with Crippen molar-refractivity contribution in [2.75, 3.05) is 0 Å². The number of fused-ring (bicyclic) bond motifs is 1. The van der Waals surface area contributed by atoms with Crippen molar-refractivity contribution in [3.8, 4) is 6.07 Å². The molecule has 3 rings (SSSR count). The zero-order valence-corrected chi connectivity index (χ0v) is 12.4. The van der Waals surface area contributed by atoms with E-state index in [2.05, 4.69) is 22.5 Å². The van der Waals surface area contributed by atoms with Crippen LogP contribution in [0.15, 0.2) is 18.2 Å². The van der Waals surface area contributed by atoms with Crippen molar-refractivity contribution in [3.05, 3.63) is 29.6 Å². The van der Waals surface area contributed by atoms with E-state index in [1.54, 1.807) is 0 Å². The number of halogens is 1. The molecule has 0 N–H and O–H groups in total. The van der Waals surface area contributed by atoms with Gasteiger partial charge in [0.15, 0.2) is 0 Å². The molecule has 1 aliphatic rings. The quantitative estimate of drug-likeness (QED) is 0.798. The summed E-state index contributed by atoms with van der Waals surface area (Å²) in [4.78, 5) is 4.60. The molecule has 4 heteroatoms. The van der Waals surface area contributed by atoms with Gasteiger partial charge in [-0.05, 0) is 36.5 Å². The first kappa shape index (κ1) is 13.5. The van der Waals surface area contributed by atoms with Gasteiger partial charge < -0.3 is 4.57 Å². The Morgan fingerprint density at radius 1 is 1.45 bits per heavy atom. The van der Waals surface area contributed by atoms with Crippen molar-refractivity contribution in [1.82, 2.24) is 9.55 Å². The normalized spacial score (nSPS) is 22.2. The molecule has 3 nitrogen and oxygen atoms in total. The van der Waals surface area contributed by atoms with Gasteiger partial charge in [0.05, 0.1) is 28.5 Å². The van der Waals surface area contributed by atoms with E-state index in [1.165, 1.54) is 19.3 Å². The van der Waals surface area contributed by atoms with Gasteiger partial charge in [-0.25, -0.2) is 4.98 Å². The minimum Gasteiger partial charge on any atom is -0.327 e. The van der Waals surface area contributed by atoms with Gasteiger partial charge in [-0.2, -0.15) is 5.26 Å². The van der Waals surface area contributed by atoms with Crippen molar-refractivity contribution in [1.29, 1.82) is 5.26 Å². The molecular weight excluding hydrogens is 270 g/mol. The third-order valence-corrected chi connectivity index (χ3v) is 4.77. The van der Waals surface area contributed by atoms with Crippen LogP contribution in [0, 0.1) is 23.2 Å².